The van der Waals surface area contributed by atoms with Crippen LogP contribution < -0.4 is 15.5 Å². The quantitative estimate of drug-likeness (QED) is 0.755. The van der Waals surface area contributed by atoms with Gasteiger partial charge in [0.15, 0.2) is 0 Å². The molecule has 1 amide bonds. The zero-order valence-electron chi connectivity index (χ0n) is 15.5. The van der Waals surface area contributed by atoms with Crippen molar-refractivity contribution in [3.63, 3.8) is 0 Å². The van der Waals surface area contributed by atoms with Gasteiger partial charge in [0.2, 0.25) is 5.91 Å². The zero-order chi connectivity index (χ0) is 16.6. The fourth-order valence-corrected chi connectivity index (χ4v) is 3.88. The summed E-state index contributed by atoms with van der Waals surface area (Å²) < 4.78 is 0. The number of carbonyl (C=O) groups is 1. The first-order chi connectivity index (χ1) is 11.8. The number of hydrogen-bond acceptors (Lipinski definition) is 3. The molecule has 2 saturated heterocycles. The lowest BCUT2D eigenvalue weighted by Gasteiger charge is -2.26. The van der Waals surface area contributed by atoms with Crippen molar-refractivity contribution in [2.75, 3.05) is 36.4 Å². The van der Waals surface area contributed by atoms with E-state index in [1.807, 2.05) is 12.1 Å². The number of halogens is 2. The first kappa shape index (κ1) is 23.1. The number of carbonyl (C=O) groups excluding carboxylic acids is 1. The number of rotatable bonds is 5. The number of piperidine rings is 1. The van der Waals surface area contributed by atoms with Crippen LogP contribution >= 0.6 is 24.8 Å². The Morgan fingerprint density at radius 2 is 1.69 bits per heavy atom. The van der Waals surface area contributed by atoms with Crippen LogP contribution in [-0.4, -0.2) is 32.1 Å². The van der Waals surface area contributed by atoms with Gasteiger partial charge in [-0.25, -0.2) is 0 Å². The molecule has 0 atom stereocenters. The van der Waals surface area contributed by atoms with Crippen LogP contribution in [0.1, 0.15) is 51.4 Å². The number of amides is 1. The second kappa shape index (κ2) is 12.4. The Hall–Kier alpha value is -0.970. The predicted molar refractivity (Wildman–Crippen MR) is 115 cm³/mol. The lowest BCUT2D eigenvalue weighted by molar-refractivity contribution is -0.116. The molecule has 148 valence electrons. The largest absolute Gasteiger partial charge is 0.370 e. The van der Waals surface area contributed by atoms with Crippen LogP contribution in [0.3, 0.4) is 0 Å². The molecule has 4 nitrogen and oxygen atoms in total. The van der Waals surface area contributed by atoms with Crippen LogP contribution in [0.15, 0.2) is 24.3 Å². The van der Waals surface area contributed by atoms with E-state index in [9.17, 15) is 4.79 Å². The topological polar surface area (TPSA) is 44.4 Å². The summed E-state index contributed by atoms with van der Waals surface area (Å²) in [5.41, 5.74) is 2.17. The fourth-order valence-electron chi connectivity index (χ4n) is 3.88. The highest BCUT2D eigenvalue weighted by atomic mass is 35.5. The molecule has 2 heterocycles. The first-order valence-electron chi connectivity index (χ1n) is 9.67. The number of benzene rings is 1. The average molecular weight is 402 g/mol. The van der Waals surface area contributed by atoms with Crippen molar-refractivity contribution in [3.05, 3.63) is 24.3 Å². The van der Waals surface area contributed by atoms with E-state index in [4.69, 9.17) is 0 Å². The normalized spacial score (nSPS) is 18.2. The third-order valence-corrected chi connectivity index (χ3v) is 5.36. The van der Waals surface area contributed by atoms with E-state index in [1.165, 1.54) is 44.2 Å². The van der Waals surface area contributed by atoms with E-state index in [1.54, 1.807) is 0 Å². The minimum absolute atomic E-state index is 0. The van der Waals surface area contributed by atoms with Crippen molar-refractivity contribution < 1.29 is 4.79 Å². The maximum Gasteiger partial charge on any atom is 0.224 e. The molecule has 2 aliphatic rings. The van der Waals surface area contributed by atoms with Crippen LogP contribution in [0.5, 0.6) is 0 Å². The Balaban J connectivity index is 0.00000169. The van der Waals surface area contributed by atoms with E-state index in [0.29, 0.717) is 12.3 Å². The van der Waals surface area contributed by atoms with Gasteiger partial charge >= 0.3 is 0 Å². The monoisotopic (exact) mass is 401 g/mol. The molecular weight excluding hydrogens is 369 g/mol. The standard InChI is InChI=1S/C20H31N3O.2ClH/c24-20(10-9-17-11-13-21-14-12-17)22-18-7-3-4-8-19(18)23-15-5-1-2-6-16-23;;/h3-4,7-8,17,21H,1-2,5-6,9-16H2,(H,22,24);2*1H. The first-order valence-corrected chi connectivity index (χ1v) is 9.67. The molecule has 0 aliphatic carbocycles. The molecule has 1 aromatic carbocycles. The molecule has 6 heteroatoms. The van der Waals surface area contributed by atoms with E-state index in [0.717, 1.165) is 38.3 Å². The minimum Gasteiger partial charge on any atom is -0.370 e. The van der Waals surface area contributed by atoms with Crippen molar-refractivity contribution in [2.45, 2.75) is 51.4 Å². The fraction of sp³-hybridized carbons (Fsp3) is 0.650. The third kappa shape index (κ3) is 6.98. The van der Waals surface area contributed by atoms with E-state index >= 15 is 0 Å². The van der Waals surface area contributed by atoms with Gasteiger partial charge in [-0.15, -0.1) is 24.8 Å². The van der Waals surface area contributed by atoms with Crippen molar-refractivity contribution >= 4 is 42.1 Å². The van der Waals surface area contributed by atoms with Crippen molar-refractivity contribution in [1.29, 1.82) is 0 Å². The molecule has 3 rings (SSSR count). The average Bonchev–Trinajstić information content (AvgIpc) is 2.91. The summed E-state index contributed by atoms with van der Waals surface area (Å²) in [4.78, 5) is 14.9. The van der Waals surface area contributed by atoms with Crippen LogP contribution in [0.2, 0.25) is 0 Å². The number of para-hydroxylation sites is 2. The van der Waals surface area contributed by atoms with Crippen molar-refractivity contribution in [1.82, 2.24) is 5.32 Å². The van der Waals surface area contributed by atoms with Gasteiger partial charge in [0.1, 0.15) is 0 Å². The summed E-state index contributed by atoms with van der Waals surface area (Å²) in [7, 11) is 0. The van der Waals surface area contributed by atoms with Gasteiger partial charge in [0.25, 0.3) is 0 Å². The van der Waals surface area contributed by atoms with Gasteiger partial charge in [-0.1, -0.05) is 25.0 Å². The van der Waals surface area contributed by atoms with Gasteiger partial charge in [-0.2, -0.15) is 0 Å². The van der Waals surface area contributed by atoms with Gasteiger partial charge in [-0.05, 0) is 63.2 Å². The molecule has 26 heavy (non-hydrogen) atoms. The molecule has 2 fully saturated rings. The van der Waals surface area contributed by atoms with E-state index in [2.05, 4.69) is 27.7 Å². The molecule has 0 aromatic heterocycles. The Morgan fingerprint density at radius 1 is 1.04 bits per heavy atom. The molecule has 0 spiro atoms. The van der Waals surface area contributed by atoms with Crippen LogP contribution in [0.4, 0.5) is 11.4 Å². The highest BCUT2D eigenvalue weighted by Gasteiger charge is 2.17. The summed E-state index contributed by atoms with van der Waals surface area (Å²) in [5, 5.41) is 6.56. The van der Waals surface area contributed by atoms with Crippen LogP contribution in [-0.2, 0) is 4.79 Å². The van der Waals surface area contributed by atoms with E-state index in [-0.39, 0.29) is 30.7 Å². The Labute approximate surface area is 170 Å². The smallest absolute Gasteiger partial charge is 0.224 e. The maximum absolute atomic E-state index is 12.4. The number of nitrogens with one attached hydrogen (secondary N) is 2. The minimum atomic E-state index is 0. The summed E-state index contributed by atoms with van der Waals surface area (Å²) in [6, 6.07) is 8.28. The zero-order valence-corrected chi connectivity index (χ0v) is 17.2. The highest BCUT2D eigenvalue weighted by molar-refractivity contribution is 5.94. The second-order valence-electron chi connectivity index (χ2n) is 7.20. The van der Waals surface area contributed by atoms with Crippen molar-refractivity contribution in [2.24, 2.45) is 5.92 Å². The van der Waals surface area contributed by atoms with Gasteiger partial charge in [0.05, 0.1) is 11.4 Å². The van der Waals surface area contributed by atoms with Gasteiger partial charge in [-0.3, -0.25) is 4.79 Å². The van der Waals surface area contributed by atoms with E-state index < -0.39 is 0 Å². The Bertz CT molecular complexity index is 528. The lowest BCUT2D eigenvalue weighted by atomic mass is 9.93. The van der Waals surface area contributed by atoms with Crippen LogP contribution in [0, 0.1) is 5.92 Å². The molecule has 2 N–H and O–H groups in total. The summed E-state index contributed by atoms with van der Waals surface area (Å²) >= 11 is 0. The van der Waals surface area contributed by atoms with Crippen molar-refractivity contribution in [3.8, 4) is 0 Å². The lowest BCUT2D eigenvalue weighted by Crippen LogP contribution is -2.28. The molecule has 0 saturated carbocycles. The molecule has 1 aromatic rings. The molecule has 2 aliphatic heterocycles. The Kier molecular flexibility index (Phi) is 11.0. The Morgan fingerprint density at radius 3 is 2.38 bits per heavy atom. The highest BCUT2D eigenvalue weighted by Crippen LogP contribution is 2.28. The summed E-state index contributed by atoms with van der Waals surface area (Å²) in [6.07, 6.45) is 9.20. The number of anilines is 2. The summed E-state index contributed by atoms with van der Waals surface area (Å²) in [5.74, 6) is 0.869. The maximum atomic E-state index is 12.4. The predicted octanol–water partition coefficient (Wildman–Crippen LogP) is 4.63. The SMILES string of the molecule is Cl.Cl.O=C(CCC1CCNCC1)Nc1ccccc1N1CCCCCC1. The molecular formula is C20H33Cl2N3O. The summed E-state index contributed by atoms with van der Waals surface area (Å²) in [6.45, 7) is 4.40. The van der Waals surface area contributed by atoms with Crippen LogP contribution in [0.25, 0.3) is 0 Å². The van der Waals surface area contributed by atoms with Gasteiger partial charge in [0, 0.05) is 19.5 Å². The number of hydrogen-bond donors (Lipinski definition) is 2. The molecule has 0 bridgehead atoms. The molecule has 0 unspecified atom stereocenters. The second-order valence-corrected chi connectivity index (χ2v) is 7.20. The molecule has 0 radical (unpaired) electrons. The van der Waals surface area contributed by atoms with Gasteiger partial charge < -0.3 is 15.5 Å². The number of nitrogens with zero attached hydrogens (tertiary/aromatic N) is 1. The third-order valence-electron chi connectivity index (χ3n) is 5.36.